The third-order valence-electron chi connectivity index (χ3n) is 2.87. The van der Waals surface area contributed by atoms with E-state index >= 15 is 0 Å². The second-order valence-electron chi connectivity index (χ2n) is 4.20. The van der Waals surface area contributed by atoms with Crippen molar-refractivity contribution in [3.05, 3.63) is 29.3 Å². The number of hydrogen-bond acceptors (Lipinski definition) is 4. The van der Waals surface area contributed by atoms with E-state index in [1.54, 1.807) is 0 Å². The lowest BCUT2D eigenvalue weighted by Crippen LogP contribution is -2.26. The van der Waals surface area contributed by atoms with Crippen LogP contribution in [0, 0.1) is 0 Å². The smallest absolute Gasteiger partial charge is 0.337 e. The van der Waals surface area contributed by atoms with Crippen molar-refractivity contribution in [1.82, 2.24) is 0 Å². The first kappa shape index (κ1) is 13.4. The molecule has 0 spiro atoms. The largest absolute Gasteiger partial charge is 0.478 e. The first-order valence-electron chi connectivity index (χ1n) is 5.49. The molecule has 1 unspecified atom stereocenters. The number of benzene rings is 1. The number of hydrogen-bond donors (Lipinski definition) is 3. The molecule has 100 valence electrons. The summed E-state index contributed by atoms with van der Waals surface area (Å²) in [7, 11) is 0. The molecule has 0 bridgehead atoms. The van der Waals surface area contributed by atoms with Gasteiger partial charge in [-0.25, -0.2) is 9.59 Å². The van der Waals surface area contributed by atoms with E-state index in [-0.39, 0.29) is 34.4 Å². The van der Waals surface area contributed by atoms with Crippen LogP contribution in [0.5, 0.6) is 0 Å². The molecule has 0 aromatic heterocycles. The molecule has 1 atom stereocenters. The number of carboxylic acid groups (broad SMARTS) is 2. The van der Waals surface area contributed by atoms with Gasteiger partial charge in [-0.3, -0.25) is 4.79 Å². The quantitative estimate of drug-likeness (QED) is 0.722. The van der Waals surface area contributed by atoms with E-state index in [9.17, 15) is 14.4 Å². The Morgan fingerprint density at radius 2 is 1.95 bits per heavy atom. The number of carbonyl (C=O) groups is 3. The Balaban J connectivity index is 2.48. The summed E-state index contributed by atoms with van der Waals surface area (Å²) in [6.07, 6.45) is 0.239. The fourth-order valence-corrected chi connectivity index (χ4v) is 2.32. The Bertz CT molecular complexity index is 571. The second-order valence-corrected chi connectivity index (χ2v) is 4.93. The number of thiol groups is 1. The minimum atomic E-state index is -1.27. The summed E-state index contributed by atoms with van der Waals surface area (Å²) in [5, 5.41) is 17.8. The lowest BCUT2D eigenvalue weighted by molar-refractivity contribution is -0.117. The van der Waals surface area contributed by atoms with Crippen LogP contribution in [-0.2, 0) is 4.79 Å². The van der Waals surface area contributed by atoms with E-state index < -0.39 is 11.9 Å². The lowest BCUT2D eigenvalue weighted by atomic mass is 10.1. The minimum absolute atomic E-state index is 0.129. The van der Waals surface area contributed by atoms with Gasteiger partial charge in [-0.2, -0.15) is 12.6 Å². The summed E-state index contributed by atoms with van der Waals surface area (Å²) >= 11 is 4.20. The molecule has 19 heavy (non-hydrogen) atoms. The van der Waals surface area contributed by atoms with Gasteiger partial charge in [0.1, 0.15) is 0 Å². The van der Waals surface area contributed by atoms with Crippen molar-refractivity contribution in [3.8, 4) is 0 Å². The molecular formula is C12H11NO5S. The van der Waals surface area contributed by atoms with Crippen LogP contribution in [0.25, 0.3) is 0 Å². The average Bonchev–Trinajstić information content (AvgIpc) is 2.67. The van der Waals surface area contributed by atoms with Crippen LogP contribution in [0.2, 0.25) is 0 Å². The maximum absolute atomic E-state index is 11.7. The van der Waals surface area contributed by atoms with Crippen LogP contribution >= 0.6 is 12.6 Å². The summed E-state index contributed by atoms with van der Waals surface area (Å²) in [6.45, 7) is 0.314. The third-order valence-corrected chi connectivity index (χ3v) is 3.22. The van der Waals surface area contributed by atoms with Crippen LogP contribution in [0.3, 0.4) is 0 Å². The Morgan fingerprint density at radius 3 is 2.42 bits per heavy atom. The number of amides is 1. The van der Waals surface area contributed by atoms with E-state index in [0.717, 1.165) is 6.07 Å². The van der Waals surface area contributed by atoms with Crippen molar-refractivity contribution in [2.75, 3.05) is 11.4 Å². The third kappa shape index (κ3) is 2.55. The number of nitrogens with zero attached hydrogens (tertiary/aromatic N) is 1. The molecule has 1 aromatic carbocycles. The van der Waals surface area contributed by atoms with E-state index in [4.69, 9.17) is 10.2 Å². The molecule has 2 rings (SSSR count). The van der Waals surface area contributed by atoms with E-state index in [1.807, 2.05) is 0 Å². The number of carboxylic acids is 2. The molecule has 2 N–H and O–H groups in total. The van der Waals surface area contributed by atoms with Crippen LogP contribution in [0.15, 0.2) is 18.2 Å². The first-order chi connectivity index (χ1) is 8.90. The van der Waals surface area contributed by atoms with Gasteiger partial charge in [0, 0.05) is 18.2 Å². The van der Waals surface area contributed by atoms with Crippen molar-refractivity contribution in [2.45, 2.75) is 11.7 Å². The SMILES string of the molecule is O=C(O)c1ccc(N2CC(S)CC2=O)c(C(=O)O)c1. The van der Waals surface area contributed by atoms with Crippen LogP contribution in [0.4, 0.5) is 5.69 Å². The molecule has 1 aliphatic rings. The van der Waals surface area contributed by atoms with Crippen molar-refractivity contribution in [3.63, 3.8) is 0 Å². The molecule has 1 aromatic rings. The molecular weight excluding hydrogens is 270 g/mol. The molecule has 0 radical (unpaired) electrons. The van der Waals surface area contributed by atoms with Crippen molar-refractivity contribution in [1.29, 1.82) is 0 Å². The van der Waals surface area contributed by atoms with Gasteiger partial charge in [-0.05, 0) is 18.2 Å². The van der Waals surface area contributed by atoms with Gasteiger partial charge in [-0.15, -0.1) is 0 Å². The molecule has 1 amide bonds. The monoisotopic (exact) mass is 281 g/mol. The van der Waals surface area contributed by atoms with Crippen LogP contribution in [-0.4, -0.2) is 39.9 Å². The Kier molecular flexibility index (Phi) is 3.48. The van der Waals surface area contributed by atoms with Crippen LogP contribution in [0.1, 0.15) is 27.1 Å². The molecule has 0 aliphatic carbocycles. The second kappa shape index (κ2) is 4.93. The summed E-state index contributed by atoms with van der Waals surface area (Å²) < 4.78 is 0. The van der Waals surface area contributed by atoms with E-state index in [0.29, 0.717) is 6.54 Å². The van der Waals surface area contributed by atoms with Crippen LogP contribution < -0.4 is 4.90 Å². The zero-order chi connectivity index (χ0) is 14.2. The highest BCUT2D eigenvalue weighted by Crippen LogP contribution is 2.28. The van der Waals surface area contributed by atoms with Gasteiger partial charge < -0.3 is 15.1 Å². The molecule has 6 nitrogen and oxygen atoms in total. The molecule has 1 fully saturated rings. The number of carbonyl (C=O) groups excluding carboxylic acids is 1. The Morgan fingerprint density at radius 1 is 1.26 bits per heavy atom. The van der Waals surface area contributed by atoms with Gasteiger partial charge in [-0.1, -0.05) is 0 Å². The Labute approximate surface area is 114 Å². The number of rotatable bonds is 3. The summed E-state index contributed by atoms with van der Waals surface area (Å²) in [5.74, 6) is -2.70. The fraction of sp³-hybridized carbons (Fsp3) is 0.250. The van der Waals surface area contributed by atoms with Gasteiger partial charge >= 0.3 is 11.9 Å². The predicted octanol–water partition coefficient (Wildman–Crippen LogP) is 1.12. The topological polar surface area (TPSA) is 94.9 Å². The molecule has 7 heteroatoms. The highest BCUT2D eigenvalue weighted by atomic mass is 32.1. The van der Waals surface area contributed by atoms with Crippen molar-refractivity contribution < 1.29 is 24.6 Å². The maximum Gasteiger partial charge on any atom is 0.337 e. The van der Waals surface area contributed by atoms with E-state index in [2.05, 4.69) is 12.6 Å². The summed E-state index contributed by atoms with van der Waals surface area (Å²) in [6, 6.07) is 3.68. The molecule has 0 saturated carbocycles. The predicted molar refractivity (Wildman–Crippen MR) is 70.1 cm³/mol. The number of anilines is 1. The standard InChI is InChI=1S/C12H11NO5S/c14-10-4-7(19)5-13(10)9-2-1-6(11(15)16)3-8(9)12(17)18/h1-3,7,19H,4-5H2,(H,15,16)(H,17,18). The number of aromatic carboxylic acids is 2. The minimum Gasteiger partial charge on any atom is -0.478 e. The highest BCUT2D eigenvalue weighted by molar-refractivity contribution is 7.81. The normalized spacial score (nSPS) is 18.7. The average molecular weight is 281 g/mol. The molecule has 1 aliphatic heterocycles. The van der Waals surface area contributed by atoms with Gasteiger partial charge in [0.05, 0.1) is 16.8 Å². The maximum atomic E-state index is 11.7. The molecule has 1 saturated heterocycles. The molecule has 1 heterocycles. The summed E-state index contributed by atoms with van der Waals surface area (Å²) in [4.78, 5) is 35.1. The zero-order valence-electron chi connectivity index (χ0n) is 9.74. The van der Waals surface area contributed by atoms with Gasteiger partial charge in [0.25, 0.3) is 0 Å². The van der Waals surface area contributed by atoms with Gasteiger partial charge in [0.2, 0.25) is 5.91 Å². The summed E-state index contributed by atoms with van der Waals surface area (Å²) in [5.41, 5.74) is -0.120. The highest BCUT2D eigenvalue weighted by Gasteiger charge is 2.31. The van der Waals surface area contributed by atoms with Crippen molar-refractivity contribution in [2.24, 2.45) is 0 Å². The van der Waals surface area contributed by atoms with E-state index in [1.165, 1.54) is 17.0 Å². The Hall–Kier alpha value is -2.02. The zero-order valence-corrected chi connectivity index (χ0v) is 10.6. The van der Waals surface area contributed by atoms with Crippen molar-refractivity contribution >= 4 is 36.2 Å². The fourth-order valence-electron chi connectivity index (χ4n) is 2.00. The first-order valence-corrected chi connectivity index (χ1v) is 6.01. The van der Waals surface area contributed by atoms with Gasteiger partial charge in [0.15, 0.2) is 0 Å². The lowest BCUT2D eigenvalue weighted by Gasteiger charge is -2.18.